The Morgan fingerprint density at radius 3 is 2.32 bits per heavy atom. The Labute approximate surface area is 148 Å². The molecule has 0 atom stereocenters. The maximum absolute atomic E-state index is 12.3. The number of nitrogens with zero attached hydrogens (tertiary/aromatic N) is 4. The molecule has 136 valence electrons. The van der Waals surface area contributed by atoms with Gasteiger partial charge in [-0.15, -0.1) is 0 Å². The smallest absolute Gasteiger partial charge is 0.253 e. The SMILES string of the molecule is CCN(CC)C(=O)c1ccc(N=C(N)/N=C(\N)N2CCOCC2)cc1. The number of amides is 1. The predicted molar refractivity (Wildman–Crippen MR) is 99.0 cm³/mol. The lowest BCUT2D eigenvalue weighted by Gasteiger charge is -2.27. The van der Waals surface area contributed by atoms with E-state index in [-0.39, 0.29) is 11.9 Å². The van der Waals surface area contributed by atoms with Crippen molar-refractivity contribution in [2.24, 2.45) is 21.5 Å². The molecule has 0 aromatic heterocycles. The molecule has 4 N–H and O–H groups in total. The van der Waals surface area contributed by atoms with Gasteiger partial charge in [-0.05, 0) is 38.1 Å². The van der Waals surface area contributed by atoms with E-state index < -0.39 is 0 Å². The Morgan fingerprint density at radius 1 is 1.16 bits per heavy atom. The van der Waals surface area contributed by atoms with Crippen molar-refractivity contribution in [1.29, 1.82) is 0 Å². The monoisotopic (exact) mass is 346 g/mol. The van der Waals surface area contributed by atoms with Crippen LogP contribution in [0.1, 0.15) is 24.2 Å². The van der Waals surface area contributed by atoms with Crippen LogP contribution in [0.2, 0.25) is 0 Å². The molecule has 25 heavy (non-hydrogen) atoms. The molecule has 1 heterocycles. The summed E-state index contributed by atoms with van der Waals surface area (Å²) >= 11 is 0. The van der Waals surface area contributed by atoms with Crippen molar-refractivity contribution >= 4 is 23.5 Å². The van der Waals surface area contributed by atoms with Crippen molar-refractivity contribution in [2.45, 2.75) is 13.8 Å². The summed E-state index contributed by atoms with van der Waals surface area (Å²) in [5.74, 6) is 0.410. The lowest BCUT2D eigenvalue weighted by atomic mass is 10.2. The normalized spacial score (nSPS) is 16.0. The van der Waals surface area contributed by atoms with Crippen molar-refractivity contribution in [2.75, 3.05) is 39.4 Å². The van der Waals surface area contributed by atoms with Gasteiger partial charge in [-0.1, -0.05) is 0 Å². The van der Waals surface area contributed by atoms with Gasteiger partial charge in [0.15, 0.2) is 5.96 Å². The molecule has 1 fully saturated rings. The van der Waals surface area contributed by atoms with E-state index in [1.54, 1.807) is 29.2 Å². The van der Waals surface area contributed by atoms with E-state index in [2.05, 4.69) is 9.98 Å². The Morgan fingerprint density at radius 2 is 1.76 bits per heavy atom. The molecule has 0 unspecified atom stereocenters. The molecule has 1 aromatic carbocycles. The van der Waals surface area contributed by atoms with E-state index in [9.17, 15) is 4.79 Å². The molecule has 0 spiro atoms. The molecular weight excluding hydrogens is 320 g/mol. The zero-order chi connectivity index (χ0) is 18.2. The van der Waals surface area contributed by atoms with Crippen LogP contribution in [-0.4, -0.2) is 67.0 Å². The zero-order valence-electron chi connectivity index (χ0n) is 14.8. The van der Waals surface area contributed by atoms with Gasteiger partial charge in [-0.25, -0.2) is 4.99 Å². The fourth-order valence-electron chi connectivity index (χ4n) is 2.51. The van der Waals surface area contributed by atoms with Gasteiger partial charge >= 0.3 is 0 Å². The summed E-state index contributed by atoms with van der Waals surface area (Å²) < 4.78 is 5.27. The summed E-state index contributed by atoms with van der Waals surface area (Å²) in [4.78, 5) is 24.3. The standard InChI is InChI=1S/C17H26N6O2/c1-3-22(4-2)15(24)13-5-7-14(8-6-13)20-16(18)21-17(19)23-9-11-25-12-10-23/h5-8H,3-4,9-12H2,1-2H3,(H4,18,19,20,21). The second-order valence-electron chi connectivity index (χ2n) is 5.56. The third kappa shape index (κ3) is 5.18. The molecule has 1 aliphatic heterocycles. The maximum Gasteiger partial charge on any atom is 0.253 e. The number of rotatable bonds is 4. The van der Waals surface area contributed by atoms with E-state index in [0.29, 0.717) is 56.6 Å². The van der Waals surface area contributed by atoms with Crippen molar-refractivity contribution in [3.05, 3.63) is 29.8 Å². The largest absolute Gasteiger partial charge is 0.378 e. The second-order valence-corrected chi connectivity index (χ2v) is 5.56. The number of aliphatic imine (C=N–C) groups is 2. The fraction of sp³-hybridized carbons (Fsp3) is 0.471. The van der Waals surface area contributed by atoms with E-state index in [4.69, 9.17) is 16.2 Å². The first-order valence-corrected chi connectivity index (χ1v) is 8.45. The zero-order valence-corrected chi connectivity index (χ0v) is 14.8. The number of hydrogen-bond donors (Lipinski definition) is 2. The number of carbonyl (C=O) groups excluding carboxylic acids is 1. The second kappa shape index (κ2) is 9.03. The molecule has 1 saturated heterocycles. The van der Waals surface area contributed by atoms with Crippen LogP contribution in [0.25, 0.3) is 0 Å². The van der Waals surface area contributed by atoms with Crippen molar-refractivity contribution in [3.63, 3.8) is 0 Å². The molecular formula is C17H26N6O2. The molecule has 2 rings (SSSR count). The number of benzene rings is 1. The minimum absolute atomic E-state index is 0.00286. The van der Waals surface area contributed by atoms with Crippen LogP contribution < -0.4 is 11.5 Å². The van der Waals surface area contributed by atoms with Gasteiger partial charge in [-0.2, -0.15) is 4.99 Å². The summed E-state index contributed by atoms with van der Waals surface area (Å²) in [6.07, 6.45) is 0. The Bertz CT molecular complexity index is 631. The number of nitrogens with two attached hydrogens (primary N) is 2. The fourth-order valence-corrected chi connectivity index (χ4v) is 2.51. The van der Waals surface area contributed by atoms with Crippen molar-refractivity contribution < 1.29 is 9.53 Å². The highest BCUT2D eigenvalue weighted by molar-refractivity contribution is 5.96. The quantitative estimate of drug-likeness (QED) is 0.618. The topological polar surface area (TPSA) is 110 Å². The van der Waals surface area contributed by atoms with E-state index in [1.807, 2.05) is 18.7 Å². The summed E-state index contributed by atoms with van der Waals surface area (Å²) in [5.41, 5.74) is 13.0. The Hall–Kier alpha value is -2.61. The molecule has 0 aliphatic carbocycles. The molecule has 1 amide bonds. The van der Waals surface area contributed by atoms with Crippen LogP contribution in [-0.2, 0) is 4.74 Å². The molecule has 0 bridgehead atoms. The molecule has 1 aliphatic rings. The predicted octanol–water partition coefficient (Wildman–Crippen LogP) is 0.762. The maximum atomic E-state index is 12.3. The minimum atomic E-state index is 0.00286. The van der Waals surface area contributed by atoms with Crippen LogP contribution in [0.4, 0.5) is 5.69 Å². The van der Waals surface area contributed by atoms with Gasteiger partial charge in [0.1, 0.15) is 0 Å². The van der Waals surface area contributed by atoms with Crippen molar-refractivity contribution in [1.82, 2.24) is 9.80 Å². The van der Waals surface area contributed by atoms with Crippen LogP contribution >= 0.6 is 0 Å². The number of guanidine groups is 2. The number of ether oxygens (including phenoxy) is 1. The van der Waals surface area contributed by atoms with Gasteiger partial charge in [0.2, 0.25) is 5.96 Å². The molecule has 1 aromatic rings. The first kappa shape index (κ1) is 18.7. The summed E-state index contributed by atoms with van der Waals surface area (Å²) in [5, 5.41) is 0. The highest BCUT2D eigenvalue weighted by Gasteiger charge is 2.13. The number of hydrogen-bond acceptors (Lipinski definition) is 3. The first-order chi connectivity index (χ1) is 12.0. The van der Waals surface area contributed by atoms with Crippen LogP contribution in [0.5, 0.6) is 0 Å². The molecule has 8 heteroatoms. The lowest BCUT2D eigenvalue weighted by molar-refractivity contribution is 0.0676. The number of morpholine rings is 1. The Balaban J connectivity index is 2.06. The number of carbonyl (C=O) groups is 1. The third-order valence-corrected chi connectivity index (χ3v) is 3.97. The van der Waals surface area contributed by atoms with E-state index >= 15 is 0 Å². The van der Waals surface area contributed by atoms with Crippen molar-refractivity contribution in [3.8, 4) is 0 Å². The average Bonchev–Trinajstić information content (AvgIpc) is 2.64. The van der Waals surface area contributed by atoms with E-state index in [0.717, 1.165) is 0 Å². The minimum Gasteiger partial charge on any atom is -0.378 e. The molecule has 0 saturated carbocycles. The summed E-state index contributed by atoms with van der Waals surface area (Å²) in [6, 6.07) is 6.96. The van der Waals surface area contributed by atoms with Gasteiger partial charge in [0, 0.05) is 31.7 Å². The average molecular weight is 346 g/mol. The highest BCUT2D eigenvalue weighted by Crippen LogP contribution is 2.14. The van der Waals surface area contributed by atoms with Gasteiger partial charge in [-0.3, -0.25) is 4.79 Å². The summed E-state index contributed by atoms with van der Waals surface area (Å²) in [7, 11) is 0. The third-order valence-electron chi connectivity index (χ3n) is 3.97. The lowest BCUT2D eigenvalue weighted by Crippen LogP contribution is -2.45. The Kier molecular flexibility index (Phi) is 6.76. The molecule has 0 radical (unpaired) electrons. The highest BCUT2D eigenvalue weighted by atomic mass is 16.5. The van der Waals surface area contributed by atoms with Crippen LogP contribution in [0, 0.1) is 0 Å². The first-order valence-electron chi connectivity index (χ1n) is 8.45. The summed E-state index contributed by atoms with van der Waals surface area (Å²) in [6.45, 7) is 7.88. The van der Waals surface area contributed by atoms with Crippen LogP contribution in [0.3, 0.4) is 0 Å². The van der Waals surface area contributed by atoms with E-state index in [1.165, 1.54) is 0 Å². The van der Waals surface area contributed by atoms with Gasteiger partial charge in [0.25, 0.3) is 5.91 Å². The van der Waals surface area contributed by atoms with Gasteiger partial charge in [0.05, 0.1) is 18.9 Å². The van der Waals surface area contributed by atoms with Crippen LogP contribution in [0.15, 0.2) is 34.3 Å². The van der Waals surface area contributed by atoms with Gasteiger partial charge < -0.3 is 26.0 Å². The molecule has 8 nitrogen and oxygen atoms in total.